The first-order valence-electron chi connectivity index (χ1n) is 10.4. The average Bonchev–Trinajstić information content (AvgIpc) is 3.11. The van der Waals surface area contributed by atoms with E-state index in [-0.39, 0.29) is 0 Å². The van der Waals surface area contributed by atoms with Gasteiger partial charge in [-0.15, -0.1) is 0 Å². The molecule has 0 radical (unpaired) electrons. The summed E-state index contributed by atoms with van der Waals surface area (Å²) in [6, 6.07) is 32.1. The third-order valence-electron chi connectivity index (χ3n) is 5.35. The molecule has 0 spiro atoms. The Balaban J connectivity index is 1.47. The van der Waals surface area contributed by atoms with Crippen molar-refractivity contribution in [1.29, 1.82) is 0 Å². The highest BCUT2D eigenvalue weighted by Gasteiger charge is 2.28. The lowest BCUT2D eigenvalue weighted by molar-refractivity contribution is 0.307. The van der Waals surface area contributed by atoms with Gasteiger partial charge in [0, 0.05) is 20.1 Å². The molecule has 29 heavy (non-hydrogen) atoms. The van der Waals surface area contributed by atoms with Crippen LogP contribution in [-0.4, -0.2) is 36.6 Å². The van der Waals surface area contributed by atoms with E-state index in [2.05, 4.69) is 113 Å². The van der Waals surface area contributed by atoms with Gasteiger partial charge in [0.05, 0.1) is 18.1 Å². The van der Waals surface area contributed by atoms with Crippen LogP contribution in [0.4, 0.5) is 0 Å². The zero-order chi connectivity index (χ0) is 19.9. The van der Waals surface area contributed by atoms with Crippen molar-refractivity contribution < 1.29 is 0 Å². The molecular weight excluding hydrogens is 354 g/mol. The summed E-state index contributed by atoms with van der Waals surface area (Å²) in [6.07, 6.45) is 1.11. The van der Waals surface area contributed by atoms with Gasteiger partial charge in [0.15, 0.2) is 0 Å². The first kappa shape index (κ1) is 19.3. The van der Waals surface area contributed by atoms with Gasteiger partial charge in [-0.25, -0.2) is 0 Å². The van der Waals surface area contributed by atoms with Crippen LogP contribution in [0.25, 0.3) is 11.4 Å². The van der Waals surface area contributed by atoms with E-state index in [1.54, 1.807) is 0 Å². The Morgan fingerprint density at radius 2 is 1.28 bits per heavy atom. The van der Waals surface area contributed by atoms with E-state index in [4.69, 9.17) is 0 Å². The molecule has 0 bridgehead atoms. The highest BCUT2D eigenvalue weighted by molar-refractivity contribution is 5.90. The lowest BCUT2D eigenvalue weighted by Crippen LogP contribution is -2.28. The van der Waals surface area contributed by atoms with Gasteiger partial charge in [-0.1, -0.05) is 91.0 Å². The van der Waals surface area contributed by atoms with E-state index in [1.807, 2.05) is 0 Å². The lowest BCUT2D eigenvalue weighted by Gasteiger charge is -2.22. The van der Waals surface area contributed by atoms with Crippen molar-refractivity contribution in [2.75, 3.05) is 26.8 Å². The summed E-state index contributed by atoms with van der Waals surface area (Å²) in [6.45, 7) is 3.90. The van der Waals surface area contributed by atoms with Crippen LogP contribution in [0.15, 0.2) is 91.0 Å². The van der Waals surface area contributed by atoms with E-state index >= 15 is 0 Å². The van der Waals surface area contributed by atoms with Crippen LogP contribution in [0.2, 0.25) is 0 Å². The second-order valence-electron chi connectivity index (χ2n) is 7.55. The Kier molecular flexibility index (Phi) is 6.28. The summed E-state index contributed by atoms with van der Waals surface area (Å²) in [4.78, 5) is 4.89. The third-order valence-corrected chi connectivity index (χ3v) is 5.35. The van der Waals surface area contributed by atoms with Crippen molar-refractivity contribution in [3.05, 3.63) is 108 Å². The number of benzene rings is 3. The van der Waals surface area contributed by atoms with Crippen LogP contribution in [0.1, 0.15) is 23.1 Å². The summed E-state index contributed by atoms with van der Waals surface area (Å²) in [5.41, 5.74) is 6.55. The highest BCUT2D eigenvalue weighted by atomic mass is 15.4. The molecule has 3 aromatic carbocycles. The summed E-state index contributed by atoms with van der Waals surface area (Å²) in [5.74, 6) is 0. The second kappa shape index (κ2) is 9.44. The van der Waals surface area contributed by atoms with Crippen molar-refractivity contribution in [2.45, 2.75) is 13.0 Å². The second-order valence-corrected chi connectivity index (χ2v) is 7.55. The quantitative estimate of drug-likeness (QED) is 0.558. The van der Waals surface area contributed by atoms with Crippen LogP contribution >= 0.6 is 0 Å². The Hall–Kier alpha value is -3.04. The van der Waals surface area contributed by atoms with Crippen LogP contribution in [0.3, 0.4) is 0 Å². The molecule has 3 heteroatoms. The predicted molar refractivity (Wildman–Crippen MR) is 122 cm³/mol. The van der Waals surface area contributed by atoms with Gasteiger partial charge in [-0.3, -0.25) is 0 Å². The summed E-state index contributed by atoms with van der Waals surface area (Å²) < 4.78 is 0. The normalized spacial score (nSPS) is 14.0. The predicted octanol–water partition coefficient (Wildman–Crippen LogP) is 4.90. The molecule has 0 fully saturated rings. The molecule has 4 rings (SSSR count). The van der Waals surface area contributed by atoms with E-state index in [0.717, 1.165) is 32.7 Å². The van der Waals surface area contributed by atoms with Crippen molar-refractivity contribution >= 4 is 11.4 Å². The summed E-state index contributed by atoms with van der Waals surface area (Å²) in [7, 11) is 2.19. The first-order chi connectivity index (χ1) is 14.3. The number of nitrogens with one attached hydrogen (secondary N) is 1. The molecule has 0 aromatic heterocycles. The van der Waals surface area contributed by atoms with Gasteiger partial charge in [0.25, 0.3) is 0 Å². The Morgan fingerprint density at radius 3 is 1.90 bits per heavy atom. The largest absolute Gasteiger partial charge is 0.355 e. The van der Waals surface area contributed by atoms with Gasteiger partial charge >= 0.3 is 0 Å². The maximum atomic E-state index is 3.58. The van der Waals surface area contributed by atoms with E-state index in [9.17, 15) is 0 Å². The first-order valence-corrected chi connectivity index (χ1v) is 10.4. The van der Waals surface area contributed by atoms with Gasteiger partial charge in [0.1, 0.15) is 0 Å². The molecule has 1 N–H and O–H groups in total. The topological polar surface area (TPSA) is 18.5 Å². The van der Waals surface area contributed by atoms with Crippen molar-refractivity contribution in [3.63, 3.8) is 0 Å². The Labute approximate surface area is 174 Å². The fourth-order valence-corrected chi connectivity index (χ4v) is 4.00. The SMILES string of the molecule is CN1CN(CCCNCc2ccccc2)C(c2ccccc2)=C1c1ccccc1. The van der Waals surface area contributed by atoms with E-state index in [1.165, 1.54) is 28.1 Å². The molecule has 1 heterocycles. The summed E-state index contributed by atoms with van der Waals surface area (Å²) >= 11 is 0. The summed E-state index contributed by atoms with van der Waals surface area (Å²) in [5, 5.41) is 3.58. The van der Waals surface area contributed by atoms with Crippen LogP contribution in [-0.2, 0) is 6.54 Å². The average molecular weight is 384 g/mol. The zero-order valence-corrected chi connectivity index (χ0v) is 17.1. The molecule has 1 aliphatic rings. The zero-order valence-electron chi connectivity index (χ0n) is 17.1. The maximum absolute atomic E-state index is 3.58. The molecule has 0 saturated carbocycles. The molecule has 148 valence electrons. The Morgan fingerprint density at radius 1 is 0.724 bits per heavy atom. The molecule has 0 aliphatic carbocycles. The Bertz CT molecular complexity index is 920. The van der Waals surface area contributed by atoms with Crippen LogP contribution < -0.4 is 5.32 Å². The number of rotatable bonds is 8. The molecule has 0 saturated heterocycles. The molecule has 0 atom stereocenters. The minimum absolute atomic E-state index is 0.924. The molecule has 1 aliphatic heterocycles. The van der Waals surface area contributed by atoms with Crippen molar-refractivity contribution in [3.8, 4) is 0 Å². The molecule has 0 amide bonds. The van der Waals surface area contributed by atoms with E-state index < -0.39 is 0 Å². The number of hydrogen-bond donors (Lipinski definition) is 1. The molecule has 3 aromatic rings. The molecule has 0 unspecified atom stereocenters. The van der Waals surface area contributed by atoms with Crippen molar-refractivity contribution in [1.82, 2.24) is 15.1 Å². The minimum Gasteiger partial charge on any atom is -0.355 e. The van der Waals surface area contributed by atoms with Gasteiger partial charge in [-0.05, 0) is 29.7 Å². The third kappa shape index (κ3) is 4.69. The van der Waals surface area contributed by atoms with Gasteiger partial charge in [-0.2, -0.15) is 0 Å². The lowest BCUT2D eigenvalue weighted by atomic mass is 10.0. The fourth-order valence-electron chi connectivity index (χ4n) is 4.00. The van der Waals surface area contributed by atoms with Crippen molar-refractivity contribution in [2.24, 2.45) is 0 Å². The van der Waals surface area contributed by atoms with Crippen LogP contribution in [0, 0.1) is 0 Å². The monoisotopic (exact) mass is 383 g/mol. The number of nitrogens with zero attached hydrogens (tertiary/aromatic N) is 2. The number of hydrogen-bond acceptors (Lipinski definition) is 3. The smallest absolute Gasteiger partial charge is 0.0901 e. The van der Waals surface area contributed by atoms with E-state index in [0.29, 0.717) is 0 Å². The van der Waals surface area contributed by atoms with Gasteiger partial charge < -0.3 is 15.1 Å². The maximum Gasteiger partial charge on any atom is 0.0901 e. The van der Waals surface area contributed by atoms with Crippen LogP contribution in [0.5, 0.6) is 0 Å². The fraction of sp³-hybridized carbons (Fsp3) is 0.231. The van der Waals surface area contributed by atoms with Gasteiger partial charge in [0.2, 0.25) is 0 Å². The minimum atomic E-state index is 0.924. The molecular formula is C26H29N3. The highest BCUT2D eigenvalue weighted by Crippen LogP contribution is 2.36. The molecule has 3 nitrogen and oxygen atoms in total. The standard InChI is InChI=1S/C26H29N3/c1-28-21-29(19-11-18-27-20-22-12-5-2-6-13-22)26(24-16-9-4-10-17-24)25(28)23-14-7-3-8-15-23/h2-10,12-17,27H,11,18-21H2,1H3.